The second-order valence-corrected chi connectivity index (χ2v) is 2.66. The molecule has 2 N–H and O–H groups in total. The van der Waals surface area contributed by atoms with Gasteiger partial charge in [0.25, 0.3) is 0 Å². The van der Waals surface area contributed by atoms with Crippen molar-refractivity contribution >= 4 is 17.3 Å². The zero-order chi connectivity index (χ0) is 8.69. The lowest BCUT2D eigenvalue weighted by molar-refractivity contribution is 0.203. The van der Waals surface area contributed by atoms with Crippen LogP contribution in [0.2, 0.25) is 0 Å². The molecule has 66 valence electrons. The summed E-state index contributed by atoms with van der Waals surface area (Å²) in [6, 6.07) is 0. The summed E-state index contributed by atoms with van der Waals surface area (Å²) in [6.07, 6.45) is 0. The van der Waals surface area contributed by atoms with Crippen molar-refractivity contribution in [2.24, 2.45) is 0 Å². The molecule has 0 aromatic heterocycles. The SMILES string of the molecule is COCCNC(=S)NN(C)C. The van der Waals surface area contributed by atoms with Gasteiger partial charge in [0.1, 0.15) is 0 Å². The number of nitrogens with one attached hydrogen (secondary N) is 2. The molecule has 0 rings (SSSR count). The maximum atomic E-state index is 4.92. The van der Waals surface area contributed by atoms with E-state index in [2.05, 4.69) is 10.7 Å². The molecule has 0 aliphatic rings. The molecule has 0 saturated heterocycles. The predicted octanol–water partition coefficient (Wildman–Crippen LogP) is -0.426. The molecule has 0 fully saturated rings. The Bertz CT molecular complexity index is 118. The van der Waals surface area contributed by atoms with E-state index in [1.165, 1.54) is 0 Å². The first kappa shape index (κ1) is 10.6. The van der Waals surface area contributed by atoms with Crippen LogP contribution in [-0.4, -0.2) is 44.5 Å². The minimum atomic E-state index is 0.618. The molecule has 0 aliphatic carbocycles. The van der Waals surface area contributed by atoms with Crippen LogP contribution >= 0.6 is 12.2 Å². The van der Waals surface area contributed by atoms with Gasteiger partial charge in [-0.3, -0.25) is 5.43 Å². The number of thiocarbonyl (C=S) groups is 1. The third kappa shape index (κ3) is 7.51. The first-order valence-electron chi connectivity index (χ1n) is 3.37. The molecule has 0 spiro atoms. The van der Waals surface area contributed by atoms with Crippen molar-refractivity contribution in [2.45, 2.75) is 0 Å². The van der Waals surface area contributed by atoms with Crippen molar-refractivity contribution in [1.82, 2.24) is 15.8 Å². The van der Waals surface area contributed by atoms with E-state index in [0.29, 0.717) is 11.7 Å². The summed E-state index contributed by atoms with van der Waals surface area (Å²) >= 11 is 4.92. The number of hydrogen-bond donors (Lipinski definition) is 2. The largest absolute Gasteiger partial charge is 0.383 e. The van der Waals surface area contributed by atoms with Crippen molar-refractivity contribution in [1.29, 1.82) is 0 Å². The monoisotopic (exact) mass is 177 g/mol. The number of ether oxygens (including phenoxy) is 1. The Kier molecular flexibility index (Phi) is 6.10. The van der Waals surface area contributed by atoms with E-state index in [9.17, 15) is 0 Å². The van der Waals surface area contributed by atoms with Crippen LogP contribution in [0.15, 0.2) is 0 Å². The predicted molar refractivity (Wildman–Crippen MR) is 49.3 cm³/mol. The van der Waals surface area contributed by atoms with Crippen LogP contribution < -0.4 is 10.7 Å². The topological polar surface area (TPSA) is 36.5 Å². The van der Waals surface area contributed by atoms with Gasteiger partial charge < -0.3 is 10.1 Å². The molecule has 0 unspecified atom stereocenters. The van der Waals surface area contributed by atoms with Gasteiger partial charge in [-0.2, -0.15) is 0 Å². The van der Waals surface area contributed by atoms with Crippen LogP contribution in [-0.2, 0) is 4.74 Å². The minimum Gasteiger partial charge on any atom is -0.383 e. The standard InChI is InChI=1S/C6H15N3OS/c1-9(2)8-6(11)7-4-5-10-3/h4-5H2,1-3H3,(H2,7,8,11). The Hall–Kier alpha value is -0.390. The highest BCUT2D eigenvalue weighted by Crippen LogP contribution is 1.69. The summed E-state index contributed by atoms with van der Waals surface area (Å²) in [4.78, 5) is 0. The van der Waals surface area contributed by atoms with E-state index >= 15 is 0 Å². The van der Waals surface area contributed by atoms with Crippen LogP contribution in [0.1, 0.15) is 0 Å². The molecular formula is C6H15N3OS. The lowest BCUT2D eigenvalue weighted by Crippen LogP contribution is -2.43. The Labute approximate surface area is 72.9 Å². The Morgan fingerprint density at radius 3 is 2.64 bits per heavy atom. The lowest BCUT2D eigenvalue weighted by Gasteiger charge is -2.14. The summed E-state index contributed by atoms with van der Waals surface area (Å²) in [6.45, 7) is 1.39. The van der Waals surface area contributed by atoms with Gasteiger partial charge in [0, 0.05) is 27.7 Å². The molecule has 0 aliphatic heterocycles. The van der Waals surface area contributed by atoms with Crippen LogP contribution in [0.5, 0.6) is 0 Å². The normalized spacial score (nSPS) is 9.82. The highest BCUT2D eigenvalue weighted by Gasteiger charge is 1.93. The van der Waals surface area contributed by atoms with Crippen LogP contribution in [0.4, 0.5) is 0 Å². The maximum absolute atomic E-state index is 4.92. The fraction of sp³-hybridized carbons (Fsp3) is 0.833. The van der Waals surface area contributed by atoms with Crippen LogP contribution in [0.3, 0.4) is 0 Å². The van der Waals surface area contributed by atoms with Crippen LogP contribution in [0.25, 0.3) is 0 Å². The molecule has 0 amide bonds. The number of methoxy groups -OCH3 is 1. The second kappa shape index (κ2) is 6.33. The van der Waals surface area contributed by atoms with Gasteiger partial charge in [0.2, 0.25) is 0 Å². The Balaban J connectivity index is 3.23. The summed E-state index contributed by atoms with van der Waals surface area (Å²) in [5.74, 6) is 0. The lowest BCUT2D eigenvalue weighted by atomic mass is 10.7. The average molecular weight is 177 g/mol. The van der Waals surface area contributed by atoms with Gasteiger partial charge in [0.15, 0.2) is 5.11 Å². The van der Waals surface area contributed by atoms with Crippen molar-refractivity contribution in [3.63, 3.8) is 0 Å². The van der Waals surface area contributed by atoms with E-state index in [1.807, 2.05) is 14.1 Å². The van der Waals surface area contributed by atoms with Crippen molar-refractivity contribution in [2.75, 3.05) is 34.4 Å². The van der Waals surface area contributed by atoms with Crippen molar-refractivity contribution in [3.8, 4) is 0 Å². The van der Waals surface area contributed by atoms with E-state index in [4.69, 9.17) is 17.0 Å². The highest BCUT2D eigenvalue weighted by molar-refractivity contribution is 7.80. The van der Waals surface area contributed by atoms with Gasteiger partial charge in [-0.25, -0.2) is 5.01 Å². The van der Waals surface area contributed by atoms with Gasteiger partial charge in [-0.1, -0.05) is 0 Å². The summed E-state index contributed by atoms with van der Waals surface area (Å²) in [5.41, 5.74) is 2.90. The van der Waals surface area contributed by atoms with Crippen LogP contribution in [0, 0.1) is 0 Å². The van der Waals surface area contributed by atoms with Gasteiger partial charge in [0.05, 0.1) is 6.61 Å². The third-order valence-electron chi connectivity index (χ3n) is 0.917. The Morgan fingerprint density at radius 1 is 1.55 bits per heavy atom. The van der Waals surface area contributed by atoms with Crippen molar-refractivity contribution in [3.05, 3.63) is 0 Å². The smallest absolute Gasteiger partial charge is 0.181 e. The molecule has 0 aromatic rings. The molecule has 0 heterocycles. The summed E-state index contributed by atoms with van der Waals surface area (Å²) in [7, 11) is 5.42. The fourth-order valence-corrected chi connectivity index (χ4v) is 0.794. The van der Waals surface area contributed by atoms with E-state index in [0.717, 1.165) is 6.54 Å². The molecular weight excluding hydrogens is 162 g/mol. The minimum absolute atomic E-state index is 0.618. The number of nitrogens with zero attached hydrogens (tertiary/aromatic N) is 1. The van der Waals surface area contributed by atoms with E-state index in [-0.39, 0.29) is 0 Å². The zero-order valence-corrected chi connectivity index (χ0v) is 7.99. The van der Waals surface area contributed by atoms with Gasteiger partial charge in [-0.05, 0) is 12.2 Å². The fourth-order valence-electron chi connectivity index (χ4n) is 0.509. The van der Waals surface area contributed by atoms with Crippen molar-refractivity contribution < 1.29 is 4.74 Å². The molecule has 4 nitrogen and oxygen atoms in total. The molecule has 0 saturated carbocycles. The zero-order valence-electron chi connectivity index (χ0n) is 7.18. The average Bonchev–Trinajstić information content (AvgIpc) is 1.86. The molecule has 0 aromatic carbocycles. The third-order valence-corrected chi connectivity index (χ3v) is 1.15. The Morgan fingerprint density at radius 2 is 2.18 bits per heavy atom. The first-order valence-corrected chi connectivity index (χ1v) is 3.78. The van der Waals surface area contributed by atoms with Gasteiger partial charge >= 0.3 is 0 Å². The number of hydrogen-bond acceptors (Lipinski definition) is 3. The number of hydrazine groups is 1. The summed E-state index contributed by atoms with van der Waals surface area (Å²) in [5, 5.41) is 5.37. The second-order valence-electron chi connectivity index (χ2n) is 2.25. The van der Waals surface area contributed by atoms with E-state index in [1.54, 1.807) is 12.1 Å². The highest BCUT2D eigenvalue weighted by atomic mass is 32.1. The van der Waals surface area contributed by atoms with Gasteiger partial charge in [-0.15, -0.1) is 0 Å². The maximum Gasteiger partial charge on any atom is 0.181 e. The van der Waals surface area contributed by atoms with E-state index < -0.39 is 0 Å². The first-order chi connectivity index (χ1) is 5.16. The molecule has 11 heavy (non-hydrogen) atoms. The summed E-state index contributed by atoms with van der Waals surface area (Å²) < 4.78 is 4.83. The molecule has 0 radical (unpaired) electrons. The number of rotatable bonds is 4. The molecule has 0 bridgehead atoms. The molecule has 5 heteroatoms. The quantitative estimate of drug-likeness (QED) is 0.346. The molecule has 0 atom stereocenters.